The van der Waals surface area contributed by atoms with Crippen molar-refractivity contribution >= 4 is 27.3 Å². The Morgan fingerprint density at radius 2 is 2.28 bits per heavy atom. The molecule has 1 saturated heterocycles. The molecule has 0 amide bonds. The largest absolute Gasteiger partial charge is 0.480 e. The predicted molar refractivity (Wildman–Crippen MR) is 66.0 cm³/mol. The van der Waals surface area contributed by atoms with Gasteiger partial charge in [-0.05, 0) is 26.2 Å². The number of thiazole rings is 1. The van der Waals surface area contributed by atoms with Crippen LogP contribution >= 0.6 is 11.3 Å². The van der Waals surface area contributed by atoms with E-state index in [2.05, 4.69) is 4.98 Å². The Morgan fingerprint density at radius 1 is 1.56 bits per heavy atom. The molecule has 6 nitrogen and oxygen atoms in total. The summed E-state index contributed by atoms with van der Waals surface area (Å²) in [5.74, 6) is -1.08. The SMILES string of the molecule is Cc1ncc(S(=O)(=O)N2CCCCC2C(=O)O)s1. The molecule has 1 aromatic rings. The van der Waals surface area contributed by atoms with Crippen LogP contribution < -0.4 is 0 Å². The number of hydrogen-bond acceptors (Lipinski definition) is 5. The Kier molecular flexibility index (Phi) is 3.69. The van der Waals surface area contributed by atoms with Gasteiger partial charge in [-0.25, -0.2) is 13.4 Å². The molecule has 1 atom stereocenters. The minimum atomic E-state index is -3.73. The van der Waals surface area contributed by atoms with E-state index in [-0.39, 0.29) is 10.8 Å². The van der Waals surface area contributed by atoms with Crippen molar-refractivity contribution in [2.75, 3.05) is 6.54 Å². The predicted octanol–water partition coefficient (Wildman–Crippen LogP) is 1.08. The Balaban J connectivity index is 2.36. The third-order valence-corrected chi connectivity index (χ3v) is 6.16. The summed E-state index contributed by atoms with van der Waals surface area (Å²) in [5.41, 5.74) is 0. The molecule has 1 unspecified atom stereocenters. The maximum absolute atomic E-state index is 12.3. The number of aryl methyl sites for hydroxylation is 1. The molecule has 8 heteroatoms. The van der Waals surface area contributed by atoms with Crippen LogP contribution in [-0.2, 0) is 14.8 Å². The van der Waals surface area contributed by atoms with Crippen LogP contribution in [0.2, 0.25) is 0 Å². The number of sulfonamides is 1. The molecule has 0 radical (unpaired) electrons. The molecule has 1 aliphatic rings. The van der Waals surface area contributed by atoms with E-state index in [0.29, 0.717) is 17.8 Å². The van der Waals surface area contributed by atoms with E-state index < -0.39 is 22.0 Å². The summed E-state index contributed by atoms with van der Waals surface area (Å²) in [5, 5.41) is 9.76. The minimum absolute atomic E-state index is 0.119. The summed E-state index contributed by atoms with van der Waals surface area (Å²) in [4.78, 5) is 15.0. The van der Waals surface area contributed by atoms with Gasteiger partial charge < -0.3 is 5.11 Å². The molecule has 0 aromatic carbocycles. The molecule has 2 rings (SSSR count). The standard InChI is InChI=1S/C10H14N2O4S2/c1-7-11-6-9(17-7)18(15,16)12-5-3-2-4-8(12)10(13)14/h6,8H,2-5H2,1H3,(H,13,14). The Bertz CT molecular complexity index is 552. The van der Waals surface area contributed by atoms with Gasteiger partial charge in [-0.2, -0.15) is 4.31 Å². The van der Waals surface area contributed by atoms with Crippen molar-refractivity contribution in [1.82, 2.24) is 9.29 Å². The highest BCUT2D eigenvalue weighted by atomic mass is 32.2. The minimum Gasteiger partial charge on any atom is -0.480 e. The smallest absolute Gasteiger partial charge is 0.322 e. The molecule has 18 heavy (non-hydrogen) atoms. The Labute approximate surface area is 109 Å². The first-order valence-corrected chi connectivity index (χ1v) is 7.85. The van der Waals surface area contributed by atoms with Crippen molar-refractivity contribution in [3.8, 4) is 0 Å². The van der Waals surface area contributed by atoms with Gasteiger partial charge in [0.05, 0.1) is 11.2 Å². The van der Waals surface area contributed by atoms with Crippen molar-refractivity contribution in [3.05, 3.63) is 11.2 Å². The molecule has 1 aliphatic heterocycles. The molecular weight excluding hydrogens is 276 g/mol. The third-order valence-electron chi connectivity index (χ3n) is 2.90. The summed E-state index contributed by atoms with van der Waals surface area (Å²) < 4.78 is 25.9. The zero-order chi connectivity index (χ0) is 13.3. The Morgan fingerprint density at radius 3 is 2.83 bits per heavy atom. The lowest BCUT2D eigenvalue weighted by Crippen LogP contribution is -2.47. The van der Waals surface area contributed by atoms with Crippen molar-refractivity contribution in [3.63, 3.8) is 0 Å². The fourth-order valence-electron chi connectivity index (χ4n) is 2.02. The number of rotatable bonds is 3. The molecule has 2 heterocycles. The van der Waals surface area contributed by atoms with Gasteiger partial charge >= 0.3 is 5.97 Å². The average molecular weight is 290 g/mol. The van der Waals surface area contributed by atoms with Gasteiger partial charge in [0, 0.05) is 6.54 Å². The molecule has 0 saturated carbocycles. The van der Waals surface area contributed by atoms with E-state index in [4.69, 9.17) is 5.11 Å². The van der Waals surface area contributed by atoms with Crippen LogP contribution in [0.1, 0.15) is 24.3 Å². The van der Waals surface area contributed by atoms with Gasteiger partial charge in [0.2, 0.25) is 0 Å². The number of carboxylic acid groups (broad SMARTS) is 1. The van der Waals surface area contributed by atoms with Crippen molar-refractivity contribution < 1.29 is 18.3 Å². The van der Waals surface area contributed by atoms with Crippen molar-refractivity contribution in [2.45, 2.75) is 36.4 Å². The van der Waals surface area contributed by atoms with Gasteiger partial charge in [-0.1, -0.05) is 0 Å². The summed E-state index contributed by atoms with van der Waals surface area (Å²) in [6.07, 6.45) is 3.10. The normalized spacial score (nSPS) is 21.9. The first-order valence-electron chi connectivity index (χ1n) is 5.60. The summed E-state index contributed by atoms with van der Waals surface area (Å²) in [6.45, 7) is 1.98. The molecule has 1 fully saturated rings. The third kappa shape index (κ3) is 2.40. The maximum atomic E-state index is 12.3. The second-order valence-corrected chi connectivity index (χ2v) is 7.52. The first-order chi connectivity index (χ1) is 8.43. The molecule has 0 spiro atoms. The van der Waals surface area contributed by atoms with Gasteiger partial charge in [0.1, 0.15) is 6.04 Å². The maximum Gasteiger partial charge on any atom is 0.322 e. The van der Waals surface area contributed by atoms with Gasteiger partial charge in [-0.3, -0.25) is 4.79 Å². The molecule has 0 aliphatic carbocycles. The summed E-state index contributed by atoms with van der Waals surface area (Å²) >= 11 is 1.07. The van der Waals surface area contributed by atoms with Crippen LogP contribution in [0.4, 0.5) is 0 Å². The van der Waals surface area contributed by atoms with Gasteiger partial charge in [0.25, 0.3) is 10.0 Å². The molecule has 1 aromatic heterocycles. The van der Waals surface area contributed by atoms with Crippen LogP contribution in [0.5, 0.6) is 0 Å². The topological polar surface area (TPSA) is 87.6 Å². The second kappa shape index (κ2) is 4.94. The van der Waals surface area contributed by atoms with Crippen LogP contribution in [0.3, 0.4) is 0 Å². The fourth-order valence-corrected chi connectivity index (χ4v) is 4.91. The van der Waals surface area contributed by atoms with Crippen molar-refractivity contribution in [2.24, 2.45) is 0 Å². The van der Waals surface area contributed by atoms with Crippen LogP contribution in [0.25, 0.3) is 0 Å². The van der Waals surface area contributed by atoms with E-state index in [1.54, 1.807) is 6.92 Å². The lowest BCUT2D eigenvalue weighted by atomic mass is 10.1. The second-order valence-electron chi connectivity index (χ2n) is 4.16. The van der Waals surface area contributed by atoms with Crippen LogP contribution in [-0.4, -0.2) is 41.4 Å². The number of carboxylic acids is 1. The zero-order valence-electron chi connectivity index (χ0n) is 9.87. The molecule has 0 bridgehead atoms. The number of nitrogens with zero attached hydrogens (tertiary/aromatic N) is 2. The molecule has 100 valence electrons. The monoisotopic (exact) mass is 290 g/mol. The summed E-state index contributed by atoms with van der Waals surface area (Å²) in [7, 11) is -3.73. The highest BCUT2D eigenvalue weighted by Crippen LogP contribution is 2.28. The molecular formula is C10H14N2O4S2. The number of hydrogen-bond donors (Lipinski definition) is 1. The van der Waals surface area contributed by atoms with E-state index in [0.717, 1.165) is 22.1 Å². The average Bonchev–Trinajstić information content (AvgIpc) is 2.76. The van der Waals surface area contributed by atoms with E-state index in [1.165, 1.54) is 6.20 Å². The van der Waals surface area contributed by atoms with Crippen LogP contribution in [0.15, 0.2) is 10.4 Å². The lowest BCUT2D eigenvalue weighted by Gasteiger charge is -2.31. The van der Waals surface area contributed by atoms with E-state index in [1.807, 2.05) is 0 Å². The van der Waals surface area contributed by atoms with Crippen LogP contribution in [0, 0.1) is 6.92 Å². The number of carbonyl (C=O) groups is 1. The first kappa shape index (κ1) is 13.4. The number of aromatic nitrogens is 1. The highest BCUT2D eigenvalue weighted by Gasteiger charge is 2.38. The number of piperidine rings is 1. The lowest BCUT2D eigenvalue weighted by molar-refractivity contribution is -0.142. The Hall–Kier alpha value is -0.990. The fraction of sp³-hybridized carbons (Fsp3) is 0.600. The van der Waals surface area contributed by atoms with Crippen molar-refractivity contribution in [1.29, 1.82) is 0 Å². The molecule has 1 N–H and O–H groups in total. The van der Waals surface area contributed by atoms with E-state index in [9.17, 15) is 13.2 Å². The summed E-state index contributed by atoms with van der Waals surface area (Å²) in [6, 6.07) is -0.953. The zero-order valence-corrected chi connectivity index (χ0v) is 11.5. The van der Waals surface area contributed by atoms with Gasteiger partial charge in [0.15, 0.2) is 4.21 Å². The quantitative estimate of drug-likeness (QED) is 0.900. The van der Waals surface area contributed by atoms with Gasteiger partial charge in [-0.15, -0.1) is 11.3 Å². The van der Waals surface area contributed by atoms with E-state index >= 15 is 0 Å². The highest BCUT2D eigenvalue weighted by molar-refractivity contribution is 7.91. The number of aliphatic carboxylic acids is 1.